The van der Waals surface area contributed by atoms with Crippen molar-refractivity contribution >= 4 is 11.7 Å². The van der Waals surface area contributed by atoms with Gasteiger partial charge >= 0.3 is 12.1 Å². The Bertz CT molecular complexity index is 772. The first-order valence-electron chi connectivity index (χ1n) is 7.29. The highest BCUT2D eigenvalue weighted by atomic mass is 19.4. The summed E-state index contributed by atoms with van der Waals surface area (Å²) in [6.45, 7) is -0.141. The molecular formula is C15H15F3N4O2. The van der Waals surface area contributed by atoms with E-state index in [4.69, 9.17) is 5.11 Å². The Labute approximate surface area is 135 Å². The Morgan fingerprint density at radius 1 is 1.38 bits per heavy atom. The summed E-state index contributed by atoms with van der Waals surface area (Å²) in [5, 5.41) is 16.2. The summed E-state index contributed by atoms with van der Waals surface area (Å²) in [6.07, 6.45) is -4.25. The van der Waals surface area contributed by atoms with Gasteiger partial charge in [0, 0.05) is 18.8 Å². The third kappa shape index (κ3) is 2.93. The Morgan fingerprint density at radius 3 is 2.75 bits per heavy atom. The van der Waals surface area contributed by atoms with E-state index in [0.29, 0.717) is 11.1 Å². The molecular weight excluding hydrogens is 325 g/mol. The molecule has 9 heteroatoms. The van der Waals surface area contributed by atoms with E-state index in [2.05, 4.69) is 10.3 Å². The summed E-state index contributed by atoms with van der Waals surface area (Å²) in [5.41, 5.74) is 0.529. The Morgan fingerprint density at radius 2 is 2.08 bits per heavy atom. The number of anilines is 1. The molecule has 1 N–H and O–H groups in total. The van der Waals surface area contributed by atoms with E-state index in [0.717, 1.165) is 11.3 Å². The normalized spacial score (nSPS) is 17.2. The summed E-state index contributed by atoms with van der Waals surface area (Å²) in [6, 6.07) is 6.81. The van der Waals surface area contributed by atoms with Gasteiger partial charge in [0.05, 0.1) is 13.0 Å². The number of carboxylic acids is 1. The summed E-state index contributed by atoms with van der Waals surface area (Å²) < 4.78 is 40.3. The van der Waals surface area contributed by atoms with Gasteiger partial charge < -0.3 is 10.0 Å². The van der Waals surface area contributed by atoms with Crippen LogP contribution in [0.25, 0.3) is 0 Å². The van der Waals surface area contributed by atoms with Crippen LogP contribution < -0.4 is 4.90 Å². The molecule has 2 heterocycles. The lowest BCUT2D eigenvalue weighted by molar-refractivity contribution is -0.144. The number of aryl methyl sites for hydroxylation is 1. The smallest absolute Gasteiger partial charge is 0.434 e. The lowest BCUT2D eigenvalue weighted by Crippen LogP contribution is -2.34. The average molecular weight is 340 g/mol. The number of nitrogens with zero attached hydrogens (tertiary/aromatic N) is 4. The topological polar surface area (TPSA) is 71.2 Å². The molecule has 1 atom stereocenters. The standard InChI is InChI=1S/C15H15F3N4O2/c1-21-14(15(16,17)18)11(19-20-21)8-22-10(7-13(23)24)6-9-4-2-3-5-12(9)22/h2-5,10H,6-8H2,1H3,(H,23,24). The van der Waals surface area contributed by atoms with Gasteiger partial charge in [-0.15, -0.1) is 5.10 Å². The van der Waals surface area contributed by atoms with E-state index >= 15 is 0 Å². The summed E-state index contributed by atoms with van der Waals surface area (Å²) >= 11 is 0. The van der Waals surface area contributed by atoms with Gasteiger partial charge in [0.15, 0.2) is 5.69 Å². The average Bonchev–Trinajstić information content (AvgIpc) is 3.00. The zero-order chi connectivity index (χ0) is 17.5. The molecule has 24 heavy (non-hydrogen) atoms. The summed E-state index contributed by atoms with van der Waals surface area (Å²) in [5.74, 6) is -0.993. The van der Waals surface area contributed by atoms with Gasteiger partial charge in [0.1, 0.15) is 5.69 Å². The van der Waals surface area contributed by atoms with Crippen LogP contribution in [0.5, 0.6) is 0 Å². The van der Waals surface area contributed by atoms with Crippen LogP contribution in [-0.2, 0) is 31.0 Å². The van der Waals surface area contributed by atoms with Crippen LogP contribution in [0.4, 0.5) is 18.9 Å². The third-order valence-electron chi connectivity index (χ3n) is 4.09. The number of hydrogen-bond donors (Lipinski definition) is 1. The van der Waals surface area contributed by atoms with E-state index < -0.39 is 23.9 Å². The van der Waals surface area contributed by atoms with Crippen molar-refractivity contribution < 1.29 is 23.1 Å². The predicted molar refractivity (Wildman–Crippen MR) is 78.4 cm³/mol. The second kappa shape index (κ2) is 5.81. The van der Waals surface area contributed by atoms with Crippen molar-refractivity contribution in [2.75, 3.05) is 4.90 Å². The molecule has 0 amide bonds. The van der Waals surface area contributed by atoms with Gasteiger partial charge in [-0.05, 0) is 18.1 Å². The number of rotatable bonds is 4. The molecule has 1 unspecified atom stereocenters. The highest BCUT2D eigenvalue weighted by Crippen LogP contribution is 2.37. The van der Waals surface area contributed by atoms with E-state index in [1.165, 1.54) is 7.05 Å². The maximum Gasteiger partial charge on any atom is 0.434 e. The minimum absolute atomic E-state index is 0.141. The summed E-state index contributed by atoms with van der Waals surface area (Å²) in [4.78, 5) is 12.8. The Hall–Kier alpha value is -2.58. The molecule has 1 aliphatic rings. The van der Waals surface area contributed by atoms with Crippen molar-refractivity contribution in [1.82, 2.24) is 15.0 Å². The highest BCUT2D eigenvalue weighted by molar-refractivity contribution is 5.70. The second-order valence-electron chi connectivity index (χ2n) is 5.72. The lowest BCUT2D eigenvalue weighted by atomic mass is 10.1. The minimum atomic E-state index is -4.57. The van der Waals surface area contributed by atoms with Crippen LogP contribution in [0.3, 0.4) is 0 Å². The molecule has 128 valence electrons. The molecule has 2 aromatic rings. The molecule has 0 aliphatic carbocycles. The molecule has 0 spiro atoms. The number of carbonyl (C=O) groups is 1. The van der Waals surface area contributed by atoms with Gasteiger partial charge in [-0.2, -0.15) is 13.2 Å². The van der Waals surface area contributed by atoms with Crippen molar-refractivity contribution in [2.24, 2.45) is 7.05 Å². The molecule has 1 aliphatic heterocycles. The quantitative estimate of drug-likeness (QED) is 0.924. The van der Waals surface area contributed by atoms with Gasteiger partial charge in [-0.3, -0.25) is 4.79 Å². The lowest BCUT2D eigenvalue weighted by Gasteiger charge is -2.26. The molecule has 0 bridgehead atoms. The predicted octanol–water partition coefficient (Wildman–Crippen LogP) is 2.24. The van der Waals surface area contributed by atoms with E-state index in [1.807, 2.05) is 12.1 Å². The monoisotopic (exact) mass is 340 g/mol. The highest BCUT2D eigenvalue weighted by Gasteiger charge is 2.40. The van der Waals surface area contributed by atoms with Crippen LogP contribution in [0, 0.1) is 0 Å². The van der Waals surface area contributed by atoms with Crippen molar-refractivity contribution in [3.8, 4) is 0 Å². The minimum Gasteiger partial charge on any atom is -0.481 e. The van der Waals surface area contributed by atoms with Crippen molar-refractivity contribution in [2.45, 2.75) is 31.6 Å². The molecule has 3 rings (SSSR count). The molecule has 0 fully saturated rings. The fraction of sp³-hybridized carbons (Fsp3) is 0.400. The third-order valence-corrected chi connectivity index (χ3v) is 4.09. The number of aliphatic carboxylic acids is 1. The number of aromatic nitrogens is 3. The largest absolute Gasteiger partial charge is 0.481 e. The molecule has 1 aromatic heterocycles. The maximum atomic E-state index is 13.2. The number of halogens is 3. The number of carboxylic acid groups (broad SMARTS) is 1. The number of alkyl halides is 3. The van der Waals surface area contributed by atoms with Gasteiger partial charge in [0.25, 0.3) is 0 Å². The Balaban J connectivity index is 1.96. The van der Waals surface area contributed by atoms with Gasteiger partial charge in [0.2, 0.25) is 0 Å². The number of benzene rings is 1. The molecule has 0 saturated heterocycles. The zero-order valence-corrected chi connectivity index (χ0v) is 12.8. The Kier molecular flexibility index (Phi) is 3.94. The van der Waals surface area contributed by atoms with Crippen molar-refractivity contribution in [3.63, 3.8) is 0 Å². The van der Waals surface area contributed by atoms with E-state index in [-0.39, 0.29) is 18.7 Å². The zero-order valence-electron chi connectivity index (χ0n) is 12.8. The van der Waals surface area contributed by atoms with Gasteiger partial charge in [-0.1, -0.05) is 23.4 Å². The van der Waals surface area contributed by atoms with Gasteiger partial charge in [-0.25, -0.2) is 4.68 Å². The van der Waals surface area contributed by atoms with Crippen LogP contribution in [0.15, 0.2) is 24.3 Å². The van der Waals surface area contributed by atoms with Crippen molar-refractivity contribution in [1.29, 1.82) is 0 Å². The summed E-state index contributed by atoms with van der Waals surface area (Å²) in [7, 11) is 1.19. The van der Waals surface area contributed by atoms with Crippen LogP contribution >= 0.6 is 0 Å². The number of hydrogen-bond acceptors (Lipinski definition) is 4. The maximum absolute atomic E-state index is 13.2. The molecule has 1 aromatic carbocycles. The first-order chi connectivity index (χ1) is 11.3. The fourth-order valence-electron chi connectivity index (χ4n) is 3.14. The van der Waals surface area contributed by atoms with Crippen LogP contribution in [0.1, 0.15) is 23.4 Å². The van der Waals surface area contributed by atoms with Crippen LogP contribution in [0.2, 0.25) is 0 Å². The molecule has 6 nitrogen and oxygen atoms in total. The second-order valence-corrected chi connectivity index (χ2v) is 5.72. The first kappa shape index (κ1) is 16.3. The number of para-hydroxylation sites is 1. The number of fused-ring (bicyclic) bond motifs is 1. The molecule has 0 radical (unpaired) electrons. The first-order valence-corrected chi connectivity index (χ1v) is 7.29. The van der Waals surface area contributed by atoms with Crippen molar-refractivity contribution in [3.05, 3.63) is 41.2 Å². The fourth-order valence-corrected chi connectivity index (χ4v) is 3.14. The van der Waals surface area contributed by atoms with E-state index in [1.54, 1.807) is 17.0 Å². The SMILES string of the molecule is Cn1nnc(CN2c3ccccc3CC2CC(=O)O)c1C(F)(F)F. The van der Waals surface area contributed by atoms with Crippen LogP contribution in [-0.4, -0.2) is 32.1 Å². The molecule has 0 saturated carbocycles. The van der Waals surface area contributed by atoms with E-state index in [9.17, 15) is 18.0 Å².